The largest absolute Gasteiger partial charge is 0.480 e. The minimum Gasteiger partial charge on any atom is -0.480 e. The van der Waals surface area contributed by atoms with Crippen molar-refractivity contribution >= 4 is 11.9 Å². The van der Waals surface area contributed by atoms with Crippen LogP contribution >= 0.6 is 0 Å². The average Bonchev–Trinajstić information content (AvgIpc) is 2.37. The Balaban J connectivity index is 2.94. The van der Waals surface area contributed by atoms with Crippen LogP contribution in [-0.2, 0) is 16.0 Å². The van der Waals surface area contributed by atoms with Crippen LogP contribution in [0.3, 0.4) is 0 Å². The number of carbonyl (C=O) groups excluding carboxylic acids is 1. The topological polar surface area (TPSA) is 66.4 Å². The second-order valence-corrected chi connectivity index (χ2v) is 3.81. The highest BCUT2D eigenvalue weighted by Crippen LogP contribution is 2.23. The van der Waals surface area contributed by atoms with Crippen molar-refractivity contribution in [2.75, 3.05) is 0 Å². The summed E-state index contributed by atoms with van der Waals surface area (Å²) in [6.07, 6.45) is -1.98. The molecule has 1 rings (SSSR count). The minimum atomic E-state index is -2.69. The van der Waals surface area contributed by atoms with E-state index >= 15 is 0 Å². The highest BCUT2D eigenvalue weighted by Gasteiger charge is 2.22. The van der Waals surface area contributed by atoms with Crippen molar-refractivity contribution in [1.29, 1.82) is 0 Å². The van der Waals surface area contributed by atoms with E-state index in [1.807, 2.05) is 0 Å². The van der Waals surface area contributed by atoms with E-state index in [-0.39, 0.29) is 17.5 Å². The minimum absolute atomic E-state index is 0.189. The van der Waals surface area contributed by atoms with Gasteiger partial charge in [-0.15, -0.1) is 0 Å². The molecule has 0 aliphatic carbocycles. The number of halogens is 2. The first-order valence-electron chi connectivity index (χ1n) is 5.47. The molecule has 1 atom stereocenters. The van der Waals surface area contributed by atoms with Gasteiger partial charge in [0.25, 0.3) is 6.43 Å². The maximum atomic E-state index is 12.8. The molecule has 0 aliphatic rings. The molecule has 0 heterocycles. The van der Waals surface area contributed by atoms with E-state index in [4.69, 9.17) is 5.11 Å². The number of rotatable bonds is 6. The Hall–Kier alpha value is -2.24. The molecule has 6 heteroatoms. The van der Waals surface area contributed by atoms with Crippen molar-refractivity contribution in [1.82, 2.24) is 5.32 Å². The van der Waals surface area contributed by atoms with Crippen LogP contribution < -0.4 is 5.32 Å². The Morgan fingerprint density at radius 1 is 1.37 bits per heavy atom. The smallest absolute Gasteiger partial charge is 0.326 e. The molecule has 0 spiro atoms. The zero-order valence-electron chi connectivity index (χ0n) is 9.98. The van der Waals surface area contributed by atoms with Gasteiger partial charge in [-0.1, -0.05) is 30.8 Å². The molecule has 0 radical (unpaired) electrons. The van der Waals surface area contributed by atoms with Gasteiger partial charge in [0, 0.05) is 12.0 Å². The van der Waals surface area contributed by atoms with E-state index in [0.717, 1.165) is 6.08 Å². The number of alkyl halides is 2. The number of carbonyl (C=O) groups is 2. The third-order valence-corrected chi connectivity index (χ3v) is 2.51. The quantitative estimate of drug-likeness (QED) is 0.775. The summed E-state index contributed by atoms with van der Waals surface area (Å²) >= 11 is 0. The predicted molar refractivity (Wildman–Crippen MR) is 64.9 cm³/mol. The van der Waals surface area contributed by atoms with Gasteiger partial charge in [-0.3, -0.25) is 4.79 Å². The molecule has 0 saturated carbocycles. The van der Waals surface area contributed by atoms with E-state index in [0.29, 0.717) is 0 Å². The number of amides is 1. The third-order valence-electron chi connectivity index (χ3n) is 2.51. The van der Waals surface area contributed by atoms with Crippen molar-refractivity contribution in [3.8, 4) is 0 Å². The average molecular weight is 269 g/mol. The molecular weight excluding hydrogens is 256 g/mol. The van der Waals surface area contributed by atoms with Gasteiger partial charge in [0.05, 0.1) is 0 Å². The molecule has 0 unspecified atom stereocenters. The summed E-state index contributed by atoms with van der Waals surface area (Å²) < 4.78 is 25.5. The molecule has 102 valence electrons. The second kappa shape index (κ2) is 6.63. The van der Waals surface area contributed by atoms with Gasteiger partial charge in [-0.25, -0.2) is 13.6 Å². The van der Waals surface area contributed by atoms with Crippen LogP contribution in [0.15, 0.2) is 36.9 Å². The Labute approximate surface area is 108 Å². The summed E-state index contributed by atoms with van der Waals surface area (Å²) in [5.74, 6) is -1.96. The zero-order valence-corrected chi connectivity index (χ0v) is 9.98. The fraction of sp³-hybridized carbons (Fsp3) is 0.231. The Kier molecular flexibility index (Phi) is 5.17. The van der Waals surface area contributed by atoms with E-state index < -0.39 is 24.3 Å². The highest BCUT2D eigenvalue weighted by atomic mass is 19.3. The molecule has 0 fully saturated rings. The first kappa shape index (κ1) is 14.8. The summed E-state index contributed by atoms with van der Waals surface area (Å²) in [5, 5.41) is 11.2. The lowest BCUT2D eigenvalue weighted by molar-refractivity contribution is -0.141. The second-order valence-electron chi connectivity index (χ2n) is 3.81. The maximum absolute atomic E-state index is 12.8. The summed E-state index contributed by atoms with van der Waals surface area (Å²) in [5.41, 5.74) is -0.0455. The maximum Gasteiger partial charge on any atom is 0.326 e. The molecule has 0 saturated heterocycles. The summed E-state index contributed by atoms with van der Waals surface area (Å²) in [7, 11) is 0. The van der Waals surface area contributed by atoms with Crippen LogP contribution in [0.1, 0.15) is 17.6 Å². The van der Waals surface area contributed by atoms with Crippen molar-refractivity contribution in [3.63, 3.8) is 0 Å². The molecule has 0 bridgehead atoms. The van der Waals surface area contributed by atoms with Gasteiger partial charge < -0.3 is 10.4 Å². The fourth-order valence-electron chi connectivity index (χ4n) is 1.58. The van der Waals surface area contributed by atoms with Gasteiger partial charge in [0.1, 0.15) is 6.04 Å². The Morgan fingerprint density at radius 2 is 2.00 bits per heavy atom. The number of carboxylic acids is 1. The number of carboxylic acid groups (broad SMARTS) is 1. The molecular formula is C13H13F2NO3. The standard InChI is InChI=1S/C13H13F2NO3/c1-2-11(17)16-10(13(18)19)7-8-5-3-4-6-9(8)12(14)15/h2-6,10,12H,1,7H2,(H,16,17)(H,18,19)/t10-/m0/s1. The van der Waals surface area contributed by atoms with Gasteiger partial charge >= 0.3 is 5.97 Å². The summed E-state index contributed by atoms with van der Waals surface area (Å²) in [4.78, 5) is 22.1. The fourth-order valence-corrected chi connectivity index (χ4v) is 1.58. The first-order valence-corrected chi connectivity index (χ1v) is 5.47. The predicted octanol–water partition coefficient (Wildman–Crippen LogP) is 1.92. The van der Waals surface area contributed by atoms with Crippen LogP contribution in [0, 0.1) is 0 Å². The van der Waals surface area contributed by atoms with Crippen molar-refractivity contribution in [2.45, 2.75) is 18.9 Å². The first-order chi connectivity index (χ1) is 8.95. The van der Waals surface area contributed by atoms with Crippen molar-refractivity contribution in [2.24, 2.45) is 0 Å². The Morgan fingerprint density at radius 3 is 2.53 bits per heavy atom. The lowest BCUT2D eigenvalue weighted by Crippen LogP contribution is -2.41. The molecule has 2 N–H and O–H groups in total. The zero-order chi connectivity index (χ0) is 14.4. The van der Waals surface area contributed by atoms with Crippen LogP contribution in [0.25, 0.3) is 0 Å². The van der Waals surface area contributed by atoms with E-state index in [1.54, 1.807) is 0 Å². The van der Waals surface area contributed by atoms with Gasteiger partial charge in [0.15, 0.2) is 0 Å². The molecule has 1 amide bonds. The van der Waals surface area contributed by atoms with Crippen molar-refractivity contribution < 1.29 is 23.5 Å². The van der Waals surface area contributed by atoms with E-state index in [9.17, 15) is 18.4 Å². The molecule has 0 aliphatic heterocycles. The van der Waals surface area contributed by atoms with Gasteiger partial charge in [-0.05, 0) is 11.6 Å². The van der Waals surface area contributed by atoms with Crippen molar-refractivity contribution in [3.05, 3.63) is 48.0 Å². The highest BCUT2D eigenvalue weighted by molar-refractivity contribution is 5.90. The van der Waals surface area contributed by atoms with E-state index in [2.05, 4.69) is 11.9 Å². The summed E-state index contributed by atoms with van der Waals surface area (Å²) in [6, 6.07) is 4.36. The lowest BCUT2D eigenvalue weighted by Gasteiger charge is -2.15. The lowest BCUT2D eigenvalue weighted by atomic mass is 10.0. The monoisotopic (exact) mass is 269 g/mol. The van der Waals surface area contributed by atoms with Crippen LogP contribution in [0.4, 0.5) is 8.78 Å². The SMILES string of the molecule is C=CC(=O)N[C@@H](Cc1ccccc1C(F)F)C(=O)O. The number of aliphatic carboxylic acids is 1. The van der Waals surface area contributed by atoms with Crippen LogP contribution in [0.5, 0.6) is 0 Å². The van der Waals surface area contributed by atoms with Crippen LogP contribution in [-0.4, -0.2) is 23.0 Å². The van der Waals surface area contributed by atoms with Crippen LogP contribution in [0.2, 0.25) is 0 Å². The molecule has 19 heavy (non-hydrogen) atoms. The number of nitrogens with one attached hydrogen (secondary N) is 1. The Bertz CT molecular complexity index is 489. The van der Waals surface area contributed by atoms with Gasteiger partial charge in [-0.2, -0.15) is 0 Å². The number of hydrogen-bond acceptors (Lipinski definition) is 2. The molecule has 4 nitrogen and oxygen atoms in total. The molecule has 1 aromatic rings. The molecule has 1 aromatic carbocycles. The normalized spacial score (nSPS) is 11.9. The number of benzene rings is 1. The summed E-state index contributed by atoms with van der Waals surface area (Å²) in [6.45, 7) is 3.20. The molecule has 0 aromatic heterocycles. The van der Waals surface area contributed by atoms with Gasteiger partial charge in [0.2, 0.25) is 5.91 Å². The number of hydrogen-bond donors (Lipinski definition) is 2. The van der Waals surface area contributed by atoms with E-state index in [1.165, 1.54) is 24.3 Å². The third kappa shape index (κ3) is 4.17.